The molecule has 3 aromatic heterocycles. The molecule has 0 unspecified atom stereocenters. The number of rotatable bonds is 3. The predicted octanol–water partition coefficient (Wildman–Crippen LogP) is 6.80. The van der Waals surface area contributed by atoms with Crippen LogP contribution in [0.15, 0.2) is 48.5 Å². The van der Waals surface area contributed by atoms with Crippen molar-refractivity contribution in [3.63, 3.8) is 0 Å². The molecule has 0 radical (unpaired) electrons. The van der Waals surface area contributed by atoms with Crippen molar-refractivity contribution in [3.05, 3.63) is 71.3 Å². The summed E-state index contributed by atoms with van der Waals surface area (Å²) in [5.74, 6) is 0. The zero-order chi connectivity index (χ0) is 20.8. The Morgan fingerprint density at radius 2 is 1.00 bits per heavy atom. The van der Waals surface area contributed by atoms with Crippen LogP contribution in [0.1, 0.15) is 49.0 Å². The molecule has 5 heterocycles. The molecule has 30 heavy (non-hydrogen) atoms. The summed E-state index contributed by atoms with van der Waals surface area (Å²) in [6.07, 6.45) is 12.2. The van der Waals surface area contributed by atoms with Crippen LogP contribution in [-0.4, -0.2) is 19.9 Å². The summed E-state index contributed by atoms with van der Waals surface area (Å²) in [5, 5.41) is 1.28. The van der Waals surface area contributed by atoms with Gasteiger partial charge in [0.1, 0.15) is 0 Å². The minimum absolute atomic E-state index is 0.939. The van der Waals surface area contributed by atoms with E-state index < -0.39 is 0 Å². The van der Waals surface area contributed by atoms with Crippen LogP contribution < -0.4 is 0 Å². The van der Waals surface area contributed by atoms with Crippen LogP contribution >= 0.6 is 0 Å². The molecule has 0 amide bonds. The first kappa shape index (κ1) is 20.5. The second-order valence-electron chi connectivity index (χ2n) is 7.29. The second-order valence-corrected chi connectivity index (χ2v) is 8.16. The van der Waals surface area contributed by atoms with E-state index in [0.717, 1.165) is 44.8 Å². The zero-order valence-corrected chi connectivity index (χ0v) is 18.7. The van der Waals surface area contributed by atoms with E-state index in [1.165, 1.54) is 24.3 Å². The summed E-state index contributed by atoms with van der Waals surface area (Å²) in [7, 11) is 0. The van der Waals surface area contributed by atoms with Gasteiger partial charge in [0, 0.05) is 22.1 Å². The Labute approximate surface area is 186 Å². The Kier molecular flexibility index (Phi) is 6.71. The van der Waals surface area contributed by atoms with Crippen LogP contribution in [-0.2, 0) is 18.3 Å². The molecular weight excluding hydrogens is 457 g/mol. The fourth-order valence-corrected chi connectivity index (χ4v) is 3.72. The molecule has 0 saturated carbocycles. The normalized spacial score (nSPS) is 11.9. The van der Waals surface area contributed by atoms with Gasteiger partial charge in [-0.05, 0) is 72.8 Å². The summed E-state index contributed by atoms with van der Waals surface area (Å²) in [5.41, 5.74) is 7.86. The van der Waals surface area contributed by atoms with Gasteiger partial charge in [-0.3, -0.25) is 0 Å². The molecule has 0 aliphatic carbocycles. The second kappa shape index (κ2) is 9.82. The van der Waals surface area contributed by atoms with E-state index in [1.54, 1.807) is 0 Å². The Hall–Kier alpha value is -2.78. The molecule has 5 rings (SSSR count). The van der Waals surface area contributed by atoms with Gasteiger partial charge in [0.2, 0.25) is 0 Å². The van der Waals surface area contributed by atoms with Gasteiger partial charge in [0.05, 0.1) is 22.8 Å². The monoisotopic (exact) mass is 483 g/mol. The van der Waals surface area contributed by atoms with Crippen molar-refractivity contribution in [1.29, 1.82) is 0 Å². The first-order valence-corrected chi connectivity index (χ1v) is 11.5. The van der Waals surface area contributed by atoms with Gasteiger partial charge >= 0.3 is 49.5 Å². The van der Waals surface area contributed by atoms with E-state index in [4.69, 9.17) is 0 Å². The number of hydrogen-bond acceptors (Lipinski definition) is 2. The molecule has 0 aromatic carbocycles. The summed E-state index contributed by atoms with van der Waals surface area (Å²) >= 11 is 2.65. The topological polar surface area (TPSA) is 57.4 Å². The van der Waals surface area contributed by atoms with E-state index >= 15 is 0 Å². The third-order valence-electron chi connectivity index (χ3n) is 4.77. The summed E-state index contributed by atoms with van der Waals surface area (Å²) < 4.78 is 0. The van der Waals surface area contributed by atoms with Gasteiger partial charge in [-0.2, -0.15) is 0 Å². The molecule has 0 atom stereocenters. The number of aromatic amines is 2. The fraction of sp³-hybridized carbons (Fsp3) is 0.200. The van der Waals surface area contributed by atoms with E-state index in [1.807, 2.05) is 48.6 Å². The van der Waals surface area contributed by atoms with Gasteiger partial charge in [0.15, 0.2) is 0 Å². The Bertz CT molecular complexity index is 1050. The number of fused-ring (bicyclic) bond motifs is 8. The van der Waals surface area contributed by atoms with Crippen molar-refractivity contribution >= 4 is 46.4 Å². The van der Waals surface area contributed by atoms with Crippen LogP contribution in [0.5, 0.6) is 0 Å². The molecule has 4 nitrogen and oxygen atoms in total. The number of nitrogens with one attached hydrogen (secondary N) is 2. The van der Waals surface area contributed by atoms with E-state index in [2.05, 4.69) is 69.4 Å². The Balaban J connectivity index is 0.000000322. The Morgan fingerprint density at radius 1 is 0.633 bits per heavy atom. The summed E-state index contributed by atoms with van der Waals surface area (Å²) in [6.45, 7) is 2.22. The molecule has 2 aliphatic rings. The van der Waals surface area contributed by atoms with Crippen molar-refractivity contribution in [2.24, 2.45) is 0 Å². The van der Waals surface area contributed by atoms with E-state index in [-0.39, 0.29) is 0 Å². The predicted molar refractivity (Wildman–Crippen MR) is 123 cm³/mol. The molecule has 3 aromatic rings. The van der Waals surface area contributed by atoms with E-state index in [9.17, 15) is 0 Å². The van der Waals surface area contributed by atoms with Gasteiger partial charge in [-0.15, -0.1) is 0 Å². The average Bonchev–Trinajstić information content (AvgIpc) is 3.52. The van der Waals surface area contributed by atoms with Gasteiger partial charge < -0.3 is 9.97 Å². The molecule has 0 fully saturated rings. The van der Waals surface area contributed by atoms with Gasteiger partial charge in [0.25, 0.3) is 0 Å². The molecule has 0 saturated heterocycles. The van der Waals surface area contributed by atoms with Crippen LogP contribution in [0.2, 0.25) is 5.02 Å². The molecule has 2 N–H and O–H groups in total. The minimum atomic E-state index is 0.939. The average molecular weight is 483 g/mol. The van der Waals surface area contributed by atoms with Gasteiger partial charge in [-0.25, -0.2) is 9.97 Å². The summed E-state index contributed by atoms with van der Waals surface area (Å²) in [6, 6.07) is 16.4. The number of nitrogens with zero attached hydrogens (tertiary/aromatic N) is 2. The van der Waals surface area contributed by atoms with Crippen molar-refractivity contribution < 1.29 is 18.3 Å². The van der Waals surface area contributed by atoms with Crippen LogP contribution in [0.25, 0.3) is 46.4 Å². The van der Waals surface area contributed by atoms with Crippen molar-refractivity contribution in [3.8, 4) is 0 Å². The molecular formula is C25H25N4Ru. The third-order valence-corrected chi connectivity index (χ3v) is 5.38. The maximum atomic E-state index is 4.63. The number of H-pyrrole nitrogens is 2. The molecule has 0 spiro atoms. The van der Waals surface area contributed by atoms with Gasteiger partial charge in [-0.1, -0.05) is 0 Å². The molecule has 8 bridgehead atoms. The fourth-order valence-electron chi connectivity index (χ4n) is 3.28. The van der Waals surface area contributed by atoms with Crippen molar-refractivity contribution in [2.75, 3.05) is 0 Å². The number of hydrogen-bond donors (Lipinski definition) is 2. The first-order valence-electron chi connectivity index (χ1n) is 10.3. The Morgan fingerprint density at radius 3 is 1.27 bits per heavy atom. The zero-order valence-electron chi connectivity index (χ0n) is 17.0. The molecule has 5 heteroatoms. The molecule has 2 aliphatic heterocycles. The quantitative estimate of drug-likeness (QED) is 0.220. The van der Waals surface area contributed by atoms with E-state index in [0.29, 0.717) is 0 Å². The number of unbranched alkanes of at least 4 members (excludes halogenated alkanes) is 2. The summed E-state index contributed by atoms with van der Waals surface area (Å²) in [4.78, 5) is 16.0. The maximum absolute atomic E-state index is 4.63. The van der Waals surface area contributed by atoms with Crippen LogP contribution in [0, 0.1) is 0 Å². The SMILES string of the molecule is C1=Cc2cc3ccc(cc4nc(cc5ccc(cc1n2)[nH]5)C=C4)[nH]3.CCCC[CH2][Ru]. The number of aromatic nitrogens is 4. The standard InChI is InChI=1S/C20H14N4.C5H11.Ru/c1-2-14-10-16-5-6-18(23-16)12-20-8-7-19(24-20)11-17-4-3-15(22-17)9-13(1)21-14;1-3-5-4-2;/h1-12,21,24H;1,3-5H2,2H3;. The molecule has 153 valence electrons. The third kappa shape index (κ3) is 5.43. The first-order chi connectivity index (χ1) is 14.7. The van der Waals surface area contributed by atoms with Crippen LogP contribution in [0.4, 0.5) is 0 Å². The van der Waals surface area contributed by atoms with Crippen LogP contribution in [0.3, 0.4) is 0 Å². The van der Waals surface area contributed by atoms with Crippen molar-refractivity contribution in [1.82, 2.24) is 19.9 Å². The van der Waals surface area contributed by atoms with Crippen molar-refractivity contribution in [2.45, 2.75) is 31.2 Å².